The molecule has 0 radical (unpaired) electrons. The zero-order valence-electron chi connectivity index (χ0n) is 62.3. The number of aromatic amines is 2. The van der Waals surface area contributed by atoms with Gasteiger partial charge in [0.2, 0.25) is 17.3 Å². The van der Waals surface area contributed by atoms with E-state index < -0.39 is 70.7 Å². The van der Waals surface area contributed by atoms with Crippen LogP contribution in [0.5, 0.6) is 23.0 Å². The largest absolute Gasteiger partial charge is 0.495 e. The van der Waals surface area contributed by atoms with Gasteiger partial charge in [0.15, 0.2) is 28.5 Å². The molecule has 0 spiro atoms. The lowest BCUT2D eigenvalue weighted by Crippen LogP contribution is -2.40. The topological polar surface area (TPSA) is 340 Å². The number of anilines is 4. The van der Waals surface area contributed by atoms with Gasteiger partial charge >= 0.3 is 53.1 Å². The molecule has 2 saturated carbocycles. The highest BCUT2D eigenvalue weighted by Crippen LogP contribution is 2.43. The molecule has 8 aromatic rings. The molecule has 10 rings (SSSR count). The molecule has 2 aliphatic carbocycles. The quantitative estimate of drug-likeness (QED) is 0.0176. The van der Waals surface area contributed by atoms with Gasteiger partial charge in [0, 0.05) is 29.9 Å². The zero-order valence-corrected chi connectivity index (χ0v) is 63.9. The number of benzene rings is 4. The Morgan fingerprint density at radius 3 is 1.43 bits per heavy atom. The number of rotatable bonds is 25. The van der Waals surface area contributed by atoms with Gasteiger partial charge in [0.05, 0.1) is 56.2 Å². The molecule has 5 atom stereocenters. The Kier molecular flexibility index (Phi) is 29.8. The third kappa shape index (κ3) is 21.7. The molecule has 27 nitrogen and oxygen atoms in total. The first-order valence-electron chi connectivity index (χ1n) is 35.1. The van der Waals surface area contributed by atoms with Gasteiger partial charge < -0.3 is 44.2 Å². The molecule has 2 amide bonds. The Labute approximate surface area is 630 Å². The predicted molar refractivity (Wildman–Crippen MR) is 398 cm³/mol. The minimum Gasteiger partial charge on any atom is -0.495 e. The number of nitrogens with zero attached hydrogens (tertiary/aromatic N) is 6. The van der Waals surface area contributed by atoms with Crippen LogP contribution in [0, 0.1) is 62.5 Å². The van der Waals surface area contributed by atoms with E-state index >= 15 is 0 Å². The molecule has 4 aromatic carbocycles. The number of aromatic nitrogens is 6. The number of esters is 2. The van der Waals surface area contributed by atoms with E-state index in [1.165, 1.54) is 32.5 Å². The number of aryl methyl sites for hydroxylation is 2. The van der Waals surface area contributed by atoms with Gasteiger partial charge in [-0.2, -0.15) is 30.0 Å². The van der Waals surface area contributed by atoms with Crippen LogP contribution >= 0.6 is 0 Å². The lowest BCUT2D eigenvalue weighted by Gasteiger charge is -2.37. The highest BCUT2D eigenvalue weighted by Gasteiger charge is 2.41. The van der Waals surface area contributed by atoms with Crippen LogP contribution in [0.3, 0.4) is 0 Å². The summed E-state index contributed by atoms with van der Waals surface area (Å²) >= 11 is -1.50. The van der Waals surface area contributed by atoms with Crippen molar-refractivity contribution in [3.8, 4) is 45.8 Å². The Morgan fingerprint density at radius 2 is 1.03 bits per heavy atom. The summed E-state index contributed by atoms with van der Waals surface area (Å²) in [5, 5.41) is 24.1. The standard InChI is InChI=1S/C42H51F3N6O6.C34H39N5O6.2O2S/c1-8-9-10-11-12-29(15-18-35(52)48-41(54)42(43,44)45)56-34-16-13-24(2)21-30(34)47-31-22-28(14-17-33(31)55-7)38-49-39-36(32(46-6)23-51(39)50-38)40(53)57-37-26(4)19-25(3)20-27(37)5;1-18-9-11-27(45-34(5,6)33(41)42)23(15-18)36-24-16-22(10-12-26(24)43-8)30-37-31-28(25(35-7)17-39(31)38-30)32(40)44-29-20(3)13-19(2)14-21(29)4;2*1-3-2/h13-14,16-17,21-23,25-27,29,37,47H,8-12,15,18-20H2,1-5,7H3,(H,49,50)(H,48,52,54);9-12,15-17,19-21,29,36H,13-14H2,1-6,8H3,(H,37,38)(H,41,42);;. The monoisotopic (exact) mass is 1530 g/mol. The fraction of sp³-hybridized carbons (Fsp3) is 0.461. The molecule has 2 fully saturated rings. The highest BCUT2D eigenvalue weighted by molar-refractivity contribution is 7.52. The Balaban J connectivity index is 0.000000287. The van der Waals surface area contributed by atoms with Crippen molar-refractivity contribution in [1.82, 2.24) is 34.5 Å². The van der Waals surface area contributed by atoms with Crippen molar-refractivity contribution in [3.63, 3.8) is 0 Å². The number of hydrogen-bond donors (Lipinski definition) is 6. The van der Waals surface area contributed by atoms with Crippen molar-refractivity contribution in [2.24, 2.45) is 35.5 Å². The van der Waals surface area contributed by atoms with Crippen LogP contribution in [0.15, 0.2) is 85.2 Å². The van der Waals surface area contributed by atoms with E-state index in [0.29, 0.717) is 92.4 Å². The molecule has 2 aliphatic rings. The predicted octanol–water partition coefficient (Wildman–Crippen LogP) is 15.9. The molecule has 578 valence electrons. The lowest BCUT2D eigenvalue weighted by molar-refractivity contribution is -0.174. The normalized spacial score (nSPS) is 18.4. The zero-order chi connectivity index (χ0) is 79.5. The first kappa shape index (κ1) is 84.4. The Morgan fingerprint density at radius 1 is 0.620 bits per heavy atom. The number of unbranched alkanes of at least 4 members (excludes halogenated alkanes) is 3. The summed E-state index contributed by atoms with van der Waals surface area (Å²) in [5.41, 5.74) is 5.09. The minimum atomic E-state index is -5.16. The summed E-state index contributed by atoms with van der Waals surface area (Å²) in [5.74, 6) is -0.917. The summed E-state index contributed by atoms with van der Waals surface area (Å²) in [6.45, 7) is 37.1. The smallest absolute Gasteiger partial charge is 0.471 e. The maximum Gasteiger partial charge on any atom is 0.471 e. The number of carboxylic acids is 1. The average molecular weight is 1530 g/mol. The summed E-state index contributed by atoms with van der Waals surface area (Å²) in [7, 11) is 3.08. The third-order valence-electron chi connectivity index (χ3n) is 18.8. The molecule has 0 bridgehead atoms. The molecule has 0 aliphatic heterocycles. The van der Waals surface area contributed by atoms with Crippen LogP contribution < -0.4 is 34.9 Å². The number of H-pyrrole nitrogens is 2. The van der Waals surface area contributed by atoms with Crippen LogP contribution in [0.2, 0.25) is 0 Å². The minimum absolute atomic E-state index is 0.0875. The van der Waals surface area contributed by atoms with Gasteiger partial charge in [-0.05, 0) is 180 Å². The van der Waals surface area contributed by atoms with Crippen LogP contribution in [0.1, 0.15) is 165 Å². The number of ether oxygens (including phenoxy) is 6. The first-order chi connectivity index (χ1) is 51.2. The van der Waals surface area contributed by atoms with E-state index in [1.807, 2.05) is 56.3 Å². The van der Waals surface area contributed by atoms with Gasteiger partial charge in [0.25, 0.3) is 0 Å². The van der Waals surface area contributed by atoms with Crippen LogP contribution in [-0.2, 0) is 47.0 Å². The van der Waals surface area contributed by atoms with Crippen molar-refractivity contribution in [2.75, 3.05) is 24.9 Å². The number of nitrogens with one attached hydrogen (secondary N) is 5. The fourth-order valence-corrected chi connectivity index (χ4v) is 13.9. The average Bonchev–Trinajstić information content (AvgIpc) is 1.61. The molecule has 108 heavy (non-hydrogen) atoms. The number of carboxylic acid groups (broad SMARTS) is 1. The van der Waals surface area contributed by atoms with E-state index in [0.717, 1.165) is 62.5 Å². The summed E-state index contributed by atoms with van der Waals surface area (Å²) in [6, 6.07) is 21.7. The summed E-state index contributed by atoms with van der Waals surface area (Å²) < 4.78 is 110. The number of imide groups is 1. The molecule has 0 saturated heterocycles. The number of alkyl halides is 3. The van der Waals surface area contributed by atoms with E-state index in [-0.39, 0.29) is 76.9 Å². The Bertz CT molecular complexity index is 4660. The molecule has 32 heteroatoms. The number of fused-ring (bicyclic) bond motifs is 2. The number of carbonyl (C=O) groups is 5. The van der Waals surface area contributed by atoms with Crippen molar-refractivity contribution in [3.05, 3.63) is 130 Å². The number of hydrogen-bond acceptors (Lipinski definition) is 19. The summed E-state index contributed by atoms with van der Waals surface area (Å²) in [4.78, 5) is 79.2. The van der Waals surface area contributed by atoms with Gasteiger partial charge in [-0.25, -0.2) is 34.0 Å². The molecule has 6 N–H and O–H groups in total. The van der Waals surface area contributed by atoms with Crippen LogP contribution in [0.4, 0.5) is 47.3 Å². The number of methoxy groups -OCH3 is 2. The number of halogens is 3. The second kappa shape index (κ2) is 38.1. The van der Waals surface area contributed by atoms with Gasteiger partial charge in [-0.1, -0.05) is 79.9 Å². The van der Waals surface area contributed by atoms with E-state index in [2.05, 4.69) is 79.0 Å². The van der Waals surface area contributed by atoms with Crippen LogP contribution in [-0.4, -0.2) is 125 Å². The first-order valence-corrected chi connectivity index (χ1v) is 36.4. The number of amides is 2. The maximum atomic E-state index is 13.7. The SMILES string of the molecule is O=S=O.O=S=O.[C-]#[N+]c1cn2[nH]c(-c3ccc(OC)c(Nc4cc(C)ccc4OC(C)(C)C(=O)O)c3)nc2c1C(=O)OC1C(C)CC(C)CC1C.[C-]#[N+]c1cn2[nH]c(-c3ccc(OC)c(Nc4cc(C)ccc4OC(CCCCCC)CCC(=O)NC(=O)C(F)(F)F)c3)nc2c1C(=O)OC1C(C)CC(C)CC1C. The van der Waals surface area contributed by atoms with E-state index in [9.17, 15) is 42.3 Å². The van der Waals surface area contributed by atoms with Gasteiger partial charge in [-0.15, -0.1) is 0 Å². The second-order valence-electron chi connectivity index (χ2n) is 28.0. The summed E-state index contributed by atoms with van der Waals surface area (Å²) in [6.07, 6.45) is 4.74. The van der Waals surface area contributed by atoms with E-state index in [1.54, 1.807) is 52.7 Å². The fourth-order valence-electron chi connectivity index (χ4n) is 13.9. The molecule has 4 aromatic heterocycles. The maximum absolute atomic E-state index is 13.7. The number of aliphatic carboxylic acids is 1. The van der Waals surface area contributed by atoms with Crippen LogP contribution in [0.25, 0.3) is 43.8 Å². The molecule has 5 unspecified atom stereocenters. The van der Waals surface area contributed by atoms with E-state index in [4.69, 9.17) is 68.4 Å². The van der Waals surface area contributed by atoms with Crippen molar-refractivity contribution in [1.29, 1.82) is 0 Å². The lowest BCUT2D eigenvalue weighted by atomic mass is 9.75. The second-order valence-corrected chi connectivity index (χ2v) is 28.2. The highest BCUT2D eigenvalue weighted by atomic mass is 32.1. The van der Waals surface area contributed by atoms with Gasteiger partial charge in [0.1, 0.15) is 46.3 Å². The molecular formula is C76H90F3N11O16S2. The van der Waals surface area contributed by atoms with Crippen molar-refractivity contribution in [2.45, 2.75) is 177 Å². The van der Waals surface area contributed by atoms with Gasteiger partial charge in [-0.3, -0.25) is 34.1 Å². The third-order valence-corrected chi connectivity index (χ3v) is 18.8. The molecule has 4 heterocycles. The number of carbonyl (C=O) groups excluding carboxylic acids is 4. The van der Waals surface area contributed by atoms with Crippen molar-refractivity contribution >= 4 is 98.3 Å². The van der Waals surface area contributed by atoms with Crippen molar-refractivity contribution < 1.29 is 87.5 Å². The Hall–Kier alpha value is -10.9. The molecular weight excluding hydrogens is 1440 g/mol.